The summed E-state index contributed by atoms with van der Waals surface area (Å²) in [5, 5.41) is 4.15. The smallest absolute Gasteiger partial charge is 0.377 e. The Labute approximate surface area is 118 Å². The van der Waals surface area contributed by atoms with E-state index >= 15 is 0 Å². The van der Waals surface area contributed by atoms with Gasteiger partial charge in [-0.15, -0.1) is 0 Å². The number of urea groups is 1. The monoisotopic (exact) mass is 304 g/mol. The third-order valence-electron chi connectivity index (χ3n) is 3.27. The fourth-order valence-electron chi connectivity index (χ4n) is 2.06. The van der Waals surface area contributed by atoms with Gasteiger partial charge in [0.25, 0.3) is 0 Å². The minimum Gasteiger partial charge on any atom is -0.377 e. The molecule has 1 fully saturated rings. The molecule has 0 saturated carbocycles. The quantitative estimate of drug-likeness (QED) is 0.372. The molecule has 1 aliphatic rings. The highest BCUT2D eigenvalue weighted by Crippen LogP contribution is 2.19. The molecule has 1 heterocycles. The van der Waals surface area contributed by atoms with Crippen LogP contribution >= 0.6 is 0 Å². The predicted molar refractivity (Wildman–Crippen MR) is 70.6 cm³/mol. The molecule has 4 amide bonds. The number of unbranched alkanes of at least 4 members (excludes halogenated alkanes) is 1. The van der Waals surface area contributed by atoms with E-state index in [-0.39, 0.29) is 0 Å². The molecule has 0 spiro atoms. The zero-order valence-corrected chi connectivity index (χ0v) is 12.9. The molecule has 1 saturated heterocycles. The topological polar surface area (TPSA) is 103 Å². The summed E-state index contributed by atoms with van der Waals surface area (Å²) in [7, 11) is 2.00. The normalized spacial score (nSPS) is 17.1. The van der Waals surface area contributed by atoms with Crippen LogP contribution in [0.15, 0.2) is 0 Å². The lowest BCUT2D eigenvalue weighted by Crippen LogP contribution is -2.55. The highest BCUT2D eigenvalue weighted by Gasteiger charge is 2.38. The largest absolute Gasteiger partial charge is 0.500 e. The van der Waals surface area contributed by atoms with Gasteiger partial charge in [0.1, 0.15) is 5.92 Å². The molecule has 0 aromatic rings. The van der Waals surface area contributed by atoms with Crippen LogP contribution in [0.3, 0.4) is 0 Å². The summed E-state index contributed by atoms with van der Waals surface area (Å²) in [6, 6.07) is -0.161. The van der Waals surface area contributed by atoms with Crippen LogP contribution in [-0.2, 0) is 22.9 Å². The molecule has 20 heavy (non-hydrogen) atoms. The van der Waals surface area contributed by atoms with E-state index in [2.05, 4.69) is 10.6 Å². The Kier molecular flexibility index (Phi) is 6.27. The lowest BCUT2D eigenvalue weighted by Gasteiger charge is -2.24. The Balaban J connectivity index is 2.39. The standard InChI is InChI=1S/C11H20N2O6Si/c1-17-20(18-2,19-3)7-5-4-6-8-9(14)12-11(16)13-10(8)15/h8H,4-7H2,1-3H3,(H2,12,13,14,15,16). The van der Waals surface area contributed by atoms with Gasteiger partial charge in [0.2, 0.25) is 11.8 Å². The Hall–Kier alpha value is -1.29. The van der Waals surface area contributed by atoms with E-state index in [1.165, 1.54) is 21.3 Å². The molecular weight excluding hydrogens is 284 g/mol. The summed E-state index contributed by atoms with van der Waals surface area (Å²) in [6.45, 7) is 0. The van der Waals surface area contributed by atoms with Gasteiger partial charge in [0, 0.05) is 27.4 Å². The van der Waals surface area contributed by atoms with E-state index in [0.717, 1.165) is 0 Å². The number of amides is 4. The first-order valence-corrected chi connectivity index (χ1v) is 8.22. The van der Waals surface area contributed by atoms with E-state index in [1.54, 1.807) is 0 Å². The van der Waals surface area contributed by atoms with Crippen LogP contribution in [0.25, 0.3) is 0 Å². The van der Waals surface area contributed by atoms with E-state index in [4.69, 9.17) is 13.3 Å². The van der Waals surface area contributed by atoms with Crippen molar-refractivity contribution in [3.63, 3.8) is 0 Å². The molecule has 0 unspecified atom stereocenters. The minimum absolute atomic E-state index is 0.368. The van der Waals surface area contributed by atoms with Crippen molar-refractivity contribution in [3.05, 3.63) is 0 Å². The van der Waals surface area contributed by atoms with Crippen molar-refractivity contribution in [3.8, 4) is 0 Å². The van der Waals surface area contributed by atoms with E-state index < -0.39 is 32.6 Å². The number of hydrogen-bond acceptors (Lipinski definition) is 6. The maximum atomic E-state index is 11.5. The van der Waals surface area contributed by atoms with Crippen LogP contribution in [0.4, 0.5) is 4.79 Å². The zero-order valence-electron chi connectivity index (χ0n) is 11.9. The lowest BCUT2D eigenvalue weighted by atomic mass is 9.99. The van der Waals surface area contributed by atoms with Gasteiger partial charge in [-0.05, 0) is 12.8 Å². The number of barbiturate groups is 1. The molecule has 114 valence electrons. The summed E-state index contributed by atoms with van der Waals surface area (Å²) in [5.41, 5.74) is 0. The van der Waals surface area contributed by atoms with E-state index in [9.17, 15) is 14.4 Å². The van der Waals surface area contributed by atoms with Crippen molar-refractivity contribution >= 4 is 26.6 Å². The highest BCUT2D eigenvalue weighted by molar-refractivity contribution is 6.60. The Morgan fingerprint density at radius 3 is 1.90 bits per heavy atom. The second-order valence-corrected chi connectivity index (χ2v) is 7.49. The fourth-order valence-corrected chi connectivity index (χ4v) is 3.85. The minimum atomic E-state index is -2.60. The molecule has 0 atom stereocenters. The van der Waals surface area contributed by atoms with Gasteiger partial charge < -0.3 is 13.3 Å². The fraction of sp³-hybridized carbons (Fsp3) is 0.727. The number of rotatable bonds is 8. The number of nitrogens with one attached hydrogen (secondary N) is 2. The molecule has 0 bridgehead atoms. The van der Waals surface area contributed by atoms with Gasteiger partial charge >= 0.3 is 14.8 Å². The van der Waals surface area contributed by atoms with Crippen molar-refractivity contribution in [2.75, 3.05) is 21.3 Å². The second kappa shape index (κ2) is 7.48. The van der Waals surface area contributed by atoms with Crippen molar-refractivity contribution in [2.24, 2.45) is 5.92 Å². The number of carbonyl (C=O) groups excluding carboxylic acids is 3. The molecule has 8 nitrogen and oxygen atoms in total. The molecule has 0 aromatic heterocycles. The third kappa shape index (κ3) is 4.10. The van der Waals surface area contributed by atoms with Crippen LogP contribution in [0, 0.1) is 5.92 Å². The molecule has 0 aromatic carbocycles. The van der Waals surface area contributed by atoms with Gasteiger partial charge in [0.05, 0.1) is 0 Å². The molecule has 1 aliphatic heterocycles. The van der Waals surface area contributed by atoms with Gasteiger partial charge in [-0.1, -0.05) is 6.42 Å². The molecular formula is C11H20N2O6Si. The predicted octanol–water partition coefficient (Wildman–Crippen LogP) is 0.0170. The average molecular weight is 304 g/mol. The molecule has 9 heteroatoms. The average Bonchev–Trinajstić information content (AvgIpc) is 2.42. The second-order valence-electron chi connectivity index (χ2n) is 4.40. The van der Waals surface area contributed by atoms with Crippen molar-refractivity contribution in [2.45, 2.75) is 25.3 Å². The van der Waals surface area contributed by atoms with Crippen LogP contribution in [0.5, 0.6) is 0 Å². The van der Waals surface area contributed by atoms with Crippen molar-refractivity contribution in [1.29, 1.82) is 0 Å². The summed E-state index contributed by atoms with van der Waals surface area (Å²) in [6.07, 6.45) is 1.70. The van der Waals surface area contributed by atoms with E-state index in [1.807, 2.05) is 0 Å². The van der Waals surface area contributed by atoms with Crippen LogP contribution in [0.1, 0.15) is 19.3 Å². The van der Waals surface area contributed by atoms with E-state index in [0.29, 0.717) is 25.3 Å². The van der Waals surface area contributed by atoms with Crippen molar-refractivity contribution in [1.82, 2.24) is 10.6 Å². The first kappa shape index (κ1) is 16.8. The molecule has 2 N–H and O–H groups in total. The lowest BCUT2D eigenvalue weighted by molar-refractivity contribution is -0.136. The first-order chi connectivity index (χ1) is 9.48. The summed E-state index contributed by atoms with van der Waals surface area (Å²) in [4.78, 5) is 33.9. The molecule has 0 radical (unpaired) electrons. The highest BCUT2D eigenvalue weighted by atomic mass is 28.4. The number of imide groups is 2. The molecule has 0 aliphatic carbocycles. The van der Waals surface area contributed by atoms with Gasteiger partial charge in [-0.2, -0.15) is 0 Å². The van der Waals surface area contributed by atoms with Gasteiger partial charge in [-0.25, -0.2) is 4.79 Å². The van der Waals surface area contributed by atoms with Crippen LogP contribution in [-0.4, -0.2) is 48.0 Å². The summed E-state index contributed by atoms with van der Waals surface area (Å²) < 4.78 is 15.8. The zero-order chi connectivity index (χ0) is 15.2. The maximum absolute atomic E-state index is 11.5. The molecule has 1 rings (SSSR count). The first-order valence-electron chi connectivity index (χ1n) is 6.29. The SMILES string of the molecule is CO[Si](CCCCC1C(=O)NC(=O)NC1=O)(OC)OC. The number of hydrogen-bond donors (Lipinski definition) is 2. The Bertz CT molecular complexity index is 357. The van der Waals surface area contributed by atoms with Gasteiger partial charge in [-0.3, -0.25) is 20.2 Å². The maximum Gasteiger partial charge on any atom is 0.500 e. The Morgan fingerprint density at radius 2 is 1.45 bits per heavy atom. The third-order valence-corrected chi connectivity index (χ3v) is 6.10. The van der Waals surface area contributed by atoms with Crippen molar-refractivity contribution < 1.29 is 27.7 Å². The Morgan fingerprint density at radius 1 is 0.950 bits per heavy atom. The number of carbonyl (C=O) groups is 3. The summed E-state index contributed by atoms with van der Waals surface area (Å²) in [5.74, 6) is -1.92. The van der Waals surface area contributed by atoms with Crippen LogP contribution < -0.4 is 10.6 Å². The van der Waals surface area contributed by atoms with Gasteiger partial charge in [0.15, 0.2) is 0 Å². The summed E-state index contributed by atoms with van der Waals surface area (Å²) >= 11 is 0. The van der Waals surface area contributed by atoms with Crippen LogP contribution in [0.2, 0.25) is 6.04 Å².